The summed E-state index contributed by atoms with van der Waals surface area (Å²) in [6.45, 7) is 0.690. The zero-order valence-corrected chi connectivity index (χ0v) is 6.58. The number of nitrogens with two attached hydrogens (primary N) is 1. The Kier molecular flexibility index (Phi) is 2.86. The van der Waals surface area contributed by atoms with Crippen molar-refractivity contribution in [1.82, 2.24) is 4.98 Å². The van der Waals surface area contributed by atoms with Crippen LogP contribution in [0.2, 0.25) is 0 Å². The molecule has 0 aliphatic rings. The molecule has 0 aliphatic carbocycles. The Morgan fingerprint density at radius 3 is 3.09 bits per heavy atom. The van der Waals surface area contributed by atoms with Crippen molar-refractivity contribution >= 4 is 5.82 Å². The van der Waals surface area contributed by atoms with Crippen LogP contribution in [0.4, 0.5) is 5.82 Å². The van der Waals surface area contributed by atoms with Gasteiger partial charge in [-0.2, -0.15) is 0 Å². The van der Waals surface area contributed by atoms with Gasteiger partial charge in [-0.1, -0.05) is 6.07 Å². The maximum absolute atomic E-state index is 5.59. The van der Waals surface area contributed by atoms with Crippen molar-refractivity contribution in [2.24, 2.45) is 0 Å². The molecule has 0 spiro atoms. The van der Waals surface area contributed by atoms with Crippen LogP contribution in [-0.4, -0.2) is 18.7 Å². The minimum Gasteiger partial charge on any atom is -0.384 e. The molecule has 1 aromatic rings. The largest absolute Gasteiger partial charge is 0.384 e. The predicted octanol–water partition coefficient (Wildman–Crippen LogP) is 0.853. The average Bonchev–Trinajstić information content (AvgIpc) is 2.03. The zero-order valence-electron chi connectivity index (χ0n) is 6.58. The molecular formula is C8H12N2O. The standard InChI is InChI=1S/C8H12N2O/c1-11-6-4-7-3-2-5-10-8(7)9/h2-3,5H,4,6H2,1H3,(H2,9,10). The Balaban J connectivity index is 2.62. The lowest BCUT2D eigenvalue weighted by Crippen LogP contribution is -2.00. The smallest absolute Gasteiger partial charge is 0.126 e. The molecule has 0 unspecified atom stereocenters. The molecule has 11 heavy (non-hydrogen) atoms. The molecule has 3 heteroatoms. The Morgan fingerprint density at radius 1 is 1.64 bits per heavy atom. The molecule has 0 bridgehead atoms. The number of nitrogens with zero attached hydrogens (tertiary/aromatic N) is 1. The van der Waals surface area contributed by atoms with Crippen LogP contribution in [0, 0.1) is 0 Å². The normalized spacial score (nSPS) is 9.91. The van der Waals surface area contributed by atoms with E-state index in [1.807, 2.05) is 12.1 Å². The molecule has 0 amide bonds. The van der Waals surface area contributed by atoms with Gasteiger partial charge >= 0.3 is 0 Å². The Hall–Kier alpha value is -1.09. The van der Waals surface area contributed by atoms with Crippen LogP contribution < -0.4 is 5.73 Å². The van der Waals surface area contributed by atoms with Crippen LogP contribution >= 0.6 is 0 Å². The lowest BCUT2D eigenvalue weighted by molar-refractivity contribution is 0.202. The van der Waals surface area contributed by atoms with Crippen molar-refractivity contribution in [3.8, 4) is 0 Å². The highest BCUT2D eigenvalue weighted by Crippen LogP contribution is 2.06. The van der Waals surface area contributed by atoms with Gasteiger partial charge in [-0.15, -0.1) is 0 Å². The van der Waals surface area contributed by atoms with Crippen molar-refractivity contribution in [3.63, 3.8) is 0 Å². The number of pyridine rings is 1. The van der Waals surface area contributed by atoms with E-state index in [1.54, 1.807) is 13.3 Å². The fraction of sp³-hybridized carbons (Fsp3) is 0.375. The van der Waals surface area contributed by atoms with E-state index in [-0.39, 0.29) is 0 Å². The number of methoxy groups -OCH3 is 1. The summed E-state index contributed by atoms with van der Waals surface area (Å²) in [6, 6.07) is 3.84. The molecule has 3 nitrogen and oxygen atoms in total. The zero-order chi connectivity index (χ0) is 8.10. The van der Waals surface area contributed by atoms with Gasteiger partial charge in [-0.05, 0) is 18.1 Å². The maximum atomic E-state index is 5.59. The molecule has 0 saturated heterocycles. The third kappa shape index (κ3) is 2.20. The van der Waals surface area contributed by atoms with Crippen molar-refractivity contribution in [2.75, 3.05) is 19.5 Å². The highest BCUT2D eigenvalue weighted by Gasteiger charge is 1.96. The molecule has 0 aromatic carbocycles. The van der Waals surface area contributed by atoms with Gasteiger partial charge in [0.15, 0.2) is 0 Å². The fourth-order valence-corrected chi connectivity index (χ4v) is 0.874. The summed E-state index contributed by atoms with van der Waals surface area (Å²) in [5.74, 6) is 0.601. The summed E-state index contributed by atoms with van der Waals surface area (Å²) in [6.07, 6.45) is 2.52. The second-order valence-electron chi connectivity index (χ2n) is 2.29. The summed E-state index contributed by atoms with van der Waals surface area (Å²) in [7, 11) is 1.67. The fourth-order valence-electron chi connectivity index (χ4n) is 0.874. The number of aromatic nitrogens is 1. The summed E-state index contributed by atoms with van der Waals surface area (Å²) >= 11 is 0. The van der Waals surface area contributed by atoms with Gasteiger partial charge in [0.25, 0.3) is 0 Å². The first-order valence-electron chi connectivity index (χ1n) is 3.53. The minimum atomic E-state index is 0.601. The average molecular weight is 152 g/mol. The first-order chi connectivity index (χ1) is 5.34. The van der Waals surface area contributed by atoms with Gasteiger partial charge < -0.3 is 10.5 Å². The SMILES string of the molecule is COCCc1cccnc1N. The summed E-state index contributed by atoms with van der Waals surface area (Å²) in [4.78, 5) is 3.95. The van der Waals surface area contributed by atoms with E-state index in [4.69, 9.17) is 10.5 Å². The maximum Gasteiger partial charge on any atom is 0.126 e. The number of hydrogen-bond donors (Lipinski definition) is 1. The first kappa shape index (κ1) is 8.01. The molecule has 0 atom stereocenters. The quantitative estimate of drug-likeness (QED) is 0.698. The van der Waals surface area contributed by atoms with E-state index in [0.717, 1.165) is 12.0 Å². The number of anilines is 1. The van der Waals surface area contributed by atoms with E-state index < -0.39 is 0 Å². The Bertz CT molecular complexity index is 225. The molecule has 1 aromatic heterocycles. The van der Waals surface area contributed by atoms with Crippen molar-refractivity contribution in [2.45, 2.75) is 6.42 Å². The molecule has 0 radical (unpaired) electrons. The van der Waals surface area contributed by atoms with Crippen LogP contribution in [0.25, 0.3) is 0 Å². The second kappa shape index (κ2) is 3.93. The lowest BCUT2D eigenvalue weighted by atomic mass is 10.2. The number of rotatable bonds is 3. The highest BCUT2D eigenvalue weighted by molar-refractivity contribution is 5.38. The third-order valence-electron chi connectivity index (χ3n) is 1.50. The van der Waals surface area contributed by atoms with Crippen molar-refractivity contribution < 1.29 is 4.74 Å². The topological polar surface area (TPSA) is 48.1 Å². The molecule has 2 N–H and O–H groups in total. The highest BCUT2D eigenvalue weighted by atomic mass is 16.5. The molecule has 0 fully saturated rings. The molecule has 0 aliphatic heterocycles. The van der Waals surface area contributed by atoms with Crippen LogP contribution in [0.3, 0.4) is 0 Å². The second-order valence-corrected chi connectivity index (χ2v) is 2.29. The Labute approximate surface area is 66.2 Å². The molecule has 1 heterocycles. The van der Waals surface area contributed by atoms with Crippen LogP contribution in [0.15, 0.2) is 18.3 Å². The van der Waals surface area contributed by atoms with Gasteiger partial charge in [-0.3, -0.25) is 0 Å². The summed E-state index contributed by atoms with van der Waals surface area (Å²) < 4.78 is 4.92. The van der Waals surface area contributed by atoms with Crippen LogP contribution in [0.5, 0.6) is 0 Å². The molecular weight excluding hydrogens is 140 g/mol. The number of ether oxygens (including phenoxy) is 1. The van der Waals surface area contributed by atoms with Gasteiger partial charge in [0.1, 0.15) is 5.82 Å². The lowest BCUT2D eigenvalue weighted by Gasteiger charge is -2.01. The molecule has 0 saturated carbocycles. The van der Waals surface area contributed by atoms with Gasteiger partial charge in [0.2, 0.25) is 0 Å². The molecule has 60 valence electrons. The molecule has 1 rings (SSSR count). The third-order valence-corrected chi connectivity index (χ3v) is 1.50. The van der Waals surface area contributed by atoms with Gasteiger partial charge in [0, 0.05) is 13.3 Å². The van der Waals surface area contributed by atoms with E-state index in [1.165, 1.54) is 0 Å². The van der Waals surface area contributed by atoms with Crippen LogP contribution in [-0.2, 0) is 11.2 Å². The summed E-state index contributed by atoms with van der Waals surface area (Å²) in [5, 5.41) is 0. The summed E-state index contributed by atoms with van der Waals surface area (Å²) in [5.41, 5.74) is 6.64. The number of hydrogen-bond acceptors (Lipinski definition) is 3. The van der Waals surface area contributed by atoms with Crippen LogP contribution in [0.1, 0.15) is 5.56 Å². The van der Waals surface area contributed by atoms with Gasteiger partial charge in [0.05, 0.1) is 6.61 Å². The van der Waals surface area contributed by atoms with E-state index in [0.29, 0.717) is 12.4 Å². The van der Waals surface area contributed by atoms with E-state index >= 15 is 0 Å². The van der Waals surface area contributed by atoms with Crippen molar-refractivity contribution in [3.05, 3.63) is 23.9 Å². The van der Waals surface area contributed by atoms with Gasteiger partial charge in [-0.25, -0.2) is 4.98 Å². The van der Waals surface area contributed by atoms with E-state index in [2.05, 4.69) is 4.98 Å². The predicted molar refractivity (Wildman–Crippen MR) is 44.2 cm³/mol. The van der Waals surface area contributed by atoms with E-state index in [9.17, 15) is 0 Å². The first-order valence-corrected chi connectivity index (χ1v) is 3.53. The minimum absolute atomic E-state index is 0.601. The van der Waals surface area contributed by atoms with Crippen molar-refractivity contribution in [1.29, 1.82) is 0 Å². The Morgan fingerprint density at radius 2 is 2.45 bits per heavy atom. The number of nitrogen functional groups attached to an aromatic ring is 1. The monoisotopic (exact) mass is 152 g/mol.